The fourth-order valence-electron chi connectivity index (χ4n) is 2.20. The van der Waals surface area contributed by atoms with Crippen molar-refractivity contribution in [3.05, 3.63) is 23.3 Å². The van der Waals surface area contributed by atoms with Crippen molar-refractivity contribution >= 4 is 5.97 Å². The number of hydrogen-bond donors (Lipinski definition) is 1. The quantitative estimate of drug-likeness (QED) is 0.814. The molecular weight excluding hydrogens is 246 g/mol. The van der Waals surface area contributed by atoms with E-state index in [4.69, 9.17) is 14.2 Å². The third-order valence-electron chi connectivity index (χ3n) is 3.47. The summed E-state index contributed by atoms with van der Waals surface area (Å²) in [5.74, 6) is 0.641. The Labute approximate surface area is 112 Å². The Morgan fingerprint density at radius 1 is 1.37 bits per heavy atom. The van der Waals surface area contributed by atoms with Crippen molar-refractivity contribution in [2.75, 3.05) is 14.2 Å². The molecule has 0 unspecified atom stereocenters. The topological polar surface area (TPSA) is 61.4 Å². The Bertz CT molecular complexity index is 487. The Morgan fingerprint density at radius 3 is 2.68 bits per heavy atom. The molecule has 0 aliphatic carbocycles. The number of rotatable bonds is 5. The predicted octanol–water partition coefficient (Wildman–Crippen LogP) is 1.23. The van der Waals surface area contributed by atoms with Crippen molar-refractivity contribution in [2.24, 2.45) is 0 Å². The molecule has 1 aromatic rings. The van der Waals surface area contributed by atoms with Crippen LogP contribution in [0.5, 0.6) is 11.5 Å². The van der Waals surface area contributed by atoms with E-state index in [1.807, 2.05) is 6.07 Å². The molecule has 2 atom stereocenters. The zero-order valence-corrected chi connectivity index (χ0v) is 11.7. The summed E-state index contributed by atoms with van der Waals surface area (Å²) in [7, 11) is 3.07. The van der Waals surface area contributed by atoms with Gasteiger partial charge in [-0.2, -0.15) is 0 Å². The maximum absolute atomic E-state index is 12.0. The van der Waals surface area contributed by atoms with Crippen molar-refractivity contribution in [2.45, 2.75) is 32.5 Å². The predicted molar refractivity (Wildman–Crippen MR) is 69.4 cm³/mol. The summed E-state index contributed by atoms with van der Waals surface area (Å²) in [6.07, 6.45) is 0.716. The van der Waals surface area contributed by atoms with Gasteiger partial charge in [0.15, 0.2) is 11.5 Å². The van der Waals surface area contributed by atoms with Gasteiger partial charge in [0.25, 0.3) is 6.23 Å². The molecule has 5 nitrogen and oxygen atoms in total. The van der Waals surface area contributed by atoms with Gasteiger partial charge in [-0.25, -0.2) is 4.79 Å². The average molecular weight is 266 g/mol. The smallest absolute Gasteiger partial charge is 0.347 e. The lowest BCUT2D eigenvalue weighted by Gasteiger charge is -2.14. The highest BCUT2D eigenvalue weighted by molar-refractivity contribution is 5.97. The number of quaternary nitrogens is 1. The molecule has 0 amide bonds. The first kappa shape index (κ1) is 13.7. The summed E-state index contributed by atoms with van der Waals surface area (Å²) in [5.41, 5.74) is 1.33. The van der Waals surface area contributed by atoms with Gasteiger partial charge in [-0.3, -0.25) is 0 Å². The van der Waals surface area contributed by atoms with E-state index in [9.17, 15) is 4.79 Å². The Morgan fingerprint density at radius 2 is 2.11 bits per heavy atom. The molecule has 1 aliphatic heterocycles. The molecular formula is C14H20NO4+. The van der Waals surface area contributed by atoms with Crippen LogP contribution in [0.1, 0.15) is 42.4 Å². The first-order valence-corrected chi connectivity index (χ1v) is 6.43. The highest BCUT2D eigenvalue weighted by atomic mass is 16.6. The van der Waals surface area contributed by atoms with Crippen LogP contribution in [0.15, 0.2) is 12.1 Å². The highest BCUT2D eigenvalue weighted by Crippen LogP contribution is 2.39. The number of ether oxygens (including phenoxy) is 3. The number of carbonyl (C=O) groups excluding carboxylic acids is 1. The number of fused-ring (bicyclic) bond motifs is 1. The number of nitrogens with two attached hydrogens (primary N) is 1. The normalized spacial score (nSPS) is 18.7. The van der Waals surface area contributed by atoms with E-state index in [1.165, 1.54) is 7.11 Å². The lowest BCUT2D eigenvalue weighted by atomic mass is 10.1. The zero-order chi connectivity index (χ0) is 14.0. The number of benzene rings is 1. The van der Waals surface area contributed by atoms with E-state index in [1.54, 1.807) is 13.2 Å². The van der Waals surface area contributed by atoms with Crippen LogP contribution in [0.3, 0.4) is 0 Å². The number of cyclic esters (lactones) is 1. The summed E-state index contributed by atoms with van der Waals surface area (Å²) in [5, 5.41) is 2.05. The molecule has 19 heavy (non-hydrogen) atoms. The van der Waals surface area contributed by atoms with Crippen molar-refractivity contribution in [1.29, 1.82) is 0 Å². The van der Waals surface area contributed by atoms with Crippen molar-refractivity contribution in [3.63, 3.8) is 0 Å². The van der Waals surface area contributed by atoms with Crippen LogP contribution >= 0.6 is 0 Å². The van der Waals surface area contributed by atoms with Crippen molar-refractivity contribution < 1.29 is 24.3 Å². The van der Waals surface area contributed by atoms with E-state index in [-0.39, 0.29) is 12.2 Å². The van der Waals surface area contributed by atoms with Gasteiger partial charge in [-0.1, -0.05) is 6.92 Å². The third kappa shape index (κ3) is 2.38. The van der Waals surface area contributed by atoms with Gasteiger partial charge >= 0.3 is 5.97 Å². The maximum atomic E-state index is 12.0. The summed E-state index contributed by atoms with van der Waals surface area (Å²) in [6, 6.07) is 4.05. The van der Waals surface area contributed by atoms with Crippen LogP contribution in [0.4, 0.5) is 0 Å². The lowest BCUT2D eigenvalue weighted by Crippen LogP contribution is -2.90. The Balaban J connectivity index is 2.40. The number of methoxy groups -OCH3 is 2. The molecule has 1 aliphatic rings. The SMILES string of the molecule is CC[C@H](C)[NH2+][C@H]1OC(=O)c2c1ccc(OC)c2OC. The second kappa shape index (κ2) is 5.48. The van der Waals surface area contributed by atoms with E-state index < -0.39 is 0 Å². The molecule has 0 saturated heterocycles. The van der Waals surface area contributed by atoms with Gasteiger partial charge in [0.2, 0.25) is 0 Å². The number of esters is 1. The molecule has 0 aromatic heterocycles. The molecule has 0 radical (unpaired) electrons. The first-order chi connectivity index (χ1) is 9.12. The van der Waals surface area contributed by atoms with Crippen LogP contribution in [0.2, 0.25) is 0 Å². The van der Waals surface area contributed by atoms with Crippen LogP contribution < -0.4 is 14.8 Å². The van der Waals surface area contributed by atoms with Crippen LogP contribution in [0, 0.1) is 0 Å². The van der Waals surface area contributed by atoms with Gasteiger partial charge in [0.05, 0.1) is 25.8 Å². The first-order valence-electron chi connectivity index (χ1n) is 6.43. The summed E-state index contributed by atoms with van der Waals surface area (Å²) in [6.45, 7) is 4.21. The van der Waals surface area contributed by atoms with Crippen molar-refractivity contribution in [1.82, 2.24) is 0 Å². The summed E-state index contributed by atoms with van der Waals surface area (Å²) >= 11 is 0. The van der Waals surface area contributed by atoms with E-state index >= 15 is 0 Å². The van der Waals surface area contributed by atoms with Crippen LogP contribution in [-0.2, 0) is 4.74 Å². The van der Waals surface area contributed by atoms with Gasteiger partial charge in [0, 0.05) is 0 Å². The summed E-state index contributed by atoms with van der Waals surface area (Å²) < 4.78 is 15.9. The Hall–Kier alpha value is -1.75. The van der Waals surface area contributed by atoms with Crippen LogP contribution in [0.25, 0.3) is 0 Å². The molecule has 0 saturated carbocycles. The molecule has 0 spiro atoms. The minimum atomic E-state index is -0.352. The molecule has 1 aromatic carbocycles. The van der Waals surface area contributed by atoms with Crippen LogP contribution in [-0.4, -0.2) is 26.2 Å². The molecule has 1 heterocycles. The molecule has 0 fully saturated rings. The minimum Gasteiger partial charge on any atom is -0.493 e. The fraction of sp³-hybridized carbons (Fsp3) is 0.500. The largest absolute Gasteiger partial charge is 0.493 e. The molecule has 2 N–H and O–H groups in total. The lowest BCUT2D eigenvalue weighted by molar-refractivity contribution is -0.754. The molecule has 104 valence electrons. The van der Waals surface area contributed by atoms with E-state index in [0.29, 0.717) is 23.1 Å². The Kier molecular flexibility index (Phi) is 3.95. The molecule has 2 rings (SSSR count). The van der Waals surface area contributed by atoms with Gasteiger partial charge in [-0.05, 0) is 25.5 Å². The van der Waals surface area contributed by atoms with Gasteiger partial charge in [0.1, 0.15) is 5.56 Å². The van der Waals surface area contributed by atoms with E-state index in [2.05, 4.69) is 19.2 Å². The maximum Gasteiger partial charge on any atom is 0.347 e. The highest BCUT2D eigenvalue weighted by Gasteiger charge is 2.38. The van der Waals surface area contributed by atoms with Gasteiger partial charge < -0.3 is 19.5 Å². The minimum absolute atomic E-state index is 0.294. The van der Waals surface area contributed by atoms with Crippen molar-refractivity contribution in [3.8, 4) is 11.5 Å². The second-order valence-corrected chi connectivity index (χ2v) is 4.67. The fourth-order valence-corrected chi connectivity index (χ4v) is 2.20. The molecule has 0 bridgehead atoms. The zero-order valence-electron chi connectivity index (χ0n) is 11.7. The third-order valence-corrected chi connectivity index (χ3v) is 3.47. The monoisotopic (exact) mass is 266 g/mol. The second-order valence-electron chi connectivity index (χ2n) is 4.67. The number of carbonyl (C=O) groups is 1. The number of hydrogen-bond acceptors (Lipinski definition) is 4. The summed E-state index contributed by atoms with van der Waals surface area (Å²) in [4.78, 5) is 12.0. The average Bonchev–Trinajstić information content (AvgIpc) is 2.74. The van der Waals surface area contributed by atoms with E-state index in [0.717, 1.165) is 12.0 Å². The molecule has 5 heteroatoms. The van der Waals surface area contributed by atoms with Gasteiger partial charge in [-0.15, -0.1) is 0 Å². The standard InChI is InChI=1S/C14H19NO4/c1-5-8(2)15-13-9-6-7-10(17-3)12(18-4)11(9)14(16)19-13/h6-8,13,15H,5H2,1-4H3/p+1/t8-,13-/m0/s1.